The number of rotatable bonds is 5. The predicted octanol–water partition coefficient (Wildman–Crippen LogP) is 2.95. The zero-order valence-electron chi connectivity index (χ0n) is 18.8. The van der Waals surface area contributed by atoms with Crippen molar-refractivity contribution >= 4 is 26.6 Å². The molecule has 1 aliphatic heterocycles. The first kappa shape index (κ1) is 21.8. The van der Waals surface area contributed by atoms with Gasteiger partial charge in [0.15, 0.2) is 11.5 Å². The first-order valence-electron chi connectivity index (χ1n) is 11.3. The van der Waals surface area contributed by atoms with Crippen molar-refractivity contribution in [1.29, 1.82) is 0 Å². The van der Waals surface area contributed by atoms with Gasteiger partial charge >= 0.3 is 0 Å². The highest BCUT2D eigenvalue weighted by atomic mass is 32.2. The highest BCUT2D eigenvalue weighted by Crippen LogP contribution is 2.23. The summed E-state index contributed by atoms with van der Waals surface area (Å²) in [6, 6.07) is 20.6. The molecule has 0 saturated carbocycles. The fourth-order valence-electron chi connectivity index (χ4n) is 4.25. The molecule has 0 amide bonds. The lowest BCUT2D eigenvalue weighted by atomic mass is 10.1. The van der Waals surface area contributed by atoms with Crippen molar-refractivity contribution < 1.29 is 13.2 Å². The second kappa shape index (κ2) is 8.81. The normalized spacial score (nSPS) is 15.1. The van der Waals surface area contributed by atoms with Crippen LogP contribution in [-0.2, 0) is 21.2 Å². The summed E-state index contributed by atoms with van der Waals surface area (Å²) in [5, 5.41) is 14.4. The van der Waals surface area contributed by atoms with Crippen molar-refractivity contribution in [3.05, 3.63) is 84.3 Å². The lowest BCUT2D eigenvalue weighted by molar-refractivity contribution is 0.0730. The molecule has 0 bridgehead atoms. The first-order chi connectivity index (χ1) is 17.1. The molecule has 35 heavy (non-hydrogen) atoms. The minimum atomic E-state index is -3.54. The van der Waals surface area contributed by atoms with E-state index in [1.54, 1.807) is 35.0 Å². The Morgan fingerprint density at radius 2 is 1.74 bits per heavy atom. The quantitative estimate of drug-likeness (QED) is 0.376. The number of sulfonamides is 1. The van der Waals surface area contributed by atoms with E-state index in [0.29, 0.717) is 44.1 Å². The standard InChI is InChI=1S/C25H22N6O3S/c32-35(33,30-12-14-34-15-13-30)21-6-4-19(5-7-21)23-9-10-24-27-28-25(31(24)29-23)17-18-3-8-22-20(16-18)2-1-11-26-22/h1-11,16H,12-15,17H2. The van der Waals surface area contributed by atoms with Gasteiger partial charge in [0.25, 0.3) is 0 Å². The van der Waals surface area contributed by atoms with Gasteiger partial charge in [-0.2, -0.15) is 13.9 Å². The monoisotopic (exact) mass is 486 g/mol. The Labute approximate surface area is 202 Å². The number of nitrogens with zero attached hydrogens (tertiary/aromatic N) is 6. The average molecular weight is 487 g/mol. The summed E-state index contributed by atoms with van der Waals surface area (Å²) in [6.07, 6.45) is 2.35. The van der Waals surface area contributed by atoms with Crippen molar-refractivity contribution in [1.82, 2.24) is 29.1 Å². The van der Waals surface area contributed by atoms with Crippen LogP contribution in [0.2, 0.25) is 0 Å². The zero-order valence-corrected chi connectivity index (χ0v) is 19.6. The maximum absolute atomic E-state index is 12.9. The molecule has 6 rings (SSSR count). The minimum absolute atomic E-state index is 0.264. The second-order valence-corrected chi connectivity index (χ2v) is 10.3. The van der Waals surface area contributed by atoms with Crippen molar-refractivity contribution in [3.8, 4) is 11.3 Å². The van der Waals surface area contributed by atoms with Crippen molar-refractivity contribution in [3.63, 3.8) is 0 Å². The summed E-state index contributed by atoms with van der Waals surface area (Å²) in [5.41, 5.74) is 4.20. The van der Waals surface area contributed by atoms with Gasteiger partial charge in [-0.3, -0.25) is 4.98 Å². The molecule has 0 unspecified atom stereocenters. The van der Waals surface area contributed by atoms with Gasteiger partial charge in [0.2, 0.25) is 10.0 Å². The topological polar surface area (TPSA) is 103 Å². The molecule has 0 radical (unpaired) electrons. The number of aromatic nitrogens is 5. The van der Waals surface area contributed by atoms with E-state index in [-0.39, 0.29) is 4.90 Å². The van der Waals surface area contributed by atoms with Crippen LogP contribution in [-0.4, -0.2) is 63.8 Å². The van der Waals surface area contributed by atoms with Gasteiger partial charge in [-0.05, 0) is 48.0 Å². The molecule has 4 heterocycles. The molecule has 10 heteroatoms. The molecule has 9 nitrogen and oxygen atoms in total. The van der Waals surface area contributed by atoms with Gasteiger partial charge in [-0.25, -0.2) is 8.42 Å². The summed E-state index contributed by atoms with van der Waals surface area (Å²) < 4.78 is 34.3. The van der Waals surface area contributed by atoms with Gasteiger partial charge in [0, 0.05) is 36.7 Å². The summed E-state index contributed by atoms with van der Waals surface area (Å²) in [4.78, 5) is 4.63. The highest BCUT2D eigenvalue weighted by Gasteiger charge is 2.26. The van der Waals surface area contributed by atoms with Gasteiger partial charge < -0.3 is 4.74 Å². The first-order valence-corrected chi connectivity index (χ1v) is 12.8. The van der Waals surface area contributed by atoms with Crippen LogP contribution < -0.4 is 0 Å². The van der Waals surface area contributed by atoms with Gasteiger partial charge in [-0.15, -0.1) is 10.2 Å². The SMILES string of the molecule is O=S(=O)(c1ccc(-c2ccc3nnc(Cc4ccc5ncccc5c4)n3n2)cc1)N1CCOCC1. The number of benzene rings is 2. The number of morpholine rings is 1. The summed E-state index contributed by atoms with van der Waals surface area (Å²) in [5.74, 6) is 0.719. The number of ether oxygens (including phenoxy) is 1. The Kier molecular flexibility index (Phi) is 5.48. The average Bonchev–Trinajstić information content (AvgIpc) is 3.31. The highest BCUT2D eigenvalue weighted by molar-refractivity contribution is 7.89. The van der Waals surface area contributed by atoms with Crippen LogP contribution in [0.15, 0.2) is 77.8 Å². The number of fused-ring (bicyclic) bond motifs is 2. The third-order valence-corrected chi connectivity index (χ3v) is 8.03. The smallest absolute Gasteiger partial charge is 0.243 e. The molecular weight excluding hydrogens is 464 g/mol. The van der Waals surface area contributed by atoms with Gasteiger partial charge in [-0.1, -0.05) is 24.3 Å². The van der Waals surface area contributed by atoms with E-state index in [2.05, 4.69) is 21.2 Å². The van der Waals surface area contributed by atoms with E-state index in [9.17, 15) is 8.42 Å². The fraction of sp³-hybridized carbons (Fsp3) is 0.200. The minimum Gasteiger partial charge on any atom is -0.379 e. The molecule has 1 aliphatic rings. The van der Waals surface area contributed by atoms with E-state index in [1.807, 2.05) is 36.4 Å². The Hall–Kier alpha value is -3.73. The molecule has 0 spiro atoms. The van der Waals surface area contributed by atoms with Crippen LogP contribution in [0, 0.1) is 0 Å². The van der Waals surface area contributed by atoms with Crippen LogP contribution in [0.5, 0.6) is 0 Å². The van der Waals surface area contributed by atoms with Crippen LogP contribution in [0.25, 0.3) is 27.8 Å². The largest absolute Gasteiger partial charge is 0.379 e. The summed E-state index contributed by atoms with van der Waals surface area (Å²) >= 11 is 0. The molecule has 3 aromatic heterocycles. The summed E-state index contributed by atoms with van der Waals surface area (Å²) in [7, 11) is -3.54. The molecule has 0 N–H and O–H groups in total. The molecule has 0 aliphatic carbocycles. The maximum Gasteiger partial charge on any atom is 0.243 e. The number of pyridine rings is 1. The molecule has 1 saturated heterocycles. The number of hydrogen-bond donors (Lipinski definition) is 0. The van der Waals surface area contributed by atoms with E-state index < -0.39 is 10.0 Å². The lowest BCUT2D eigenvalue weighted by Gasteiger charge is -2.26. The predicted molar refractivity (Wildman–Crippen MR) is 130 cm³/mol. The Bertz CT molecular complexity index is 1630. The van der Waals surface area contributed by atoms with Crippen LogP contribution in [0.4, 0.5) is 0 Å². The molecule has 5 aromatic rings. The molecular formula is C25H22N6O3S. The Morgan fingerprint density at radius 1 is 0.914 bits per heavy atom. The number of hydrogen-bond acceptors (Lipinski definition) is 7. The third kappa shape index (κ3) is 4.16. The van der Waals surface area contributed by atoms with E-state index >= 15 is 0 Å². The van der Waals surface area contributed by atoms with Crippen molar-refractivity contribution in [2.45, 2.75) is 11.3 Å². The maximum atomic E-state index is 12.9. The fourth-order valence-corrected chi connectivity index (χ4v) is 5.66. The zero-order chi connectivity index (χ0) is 23.8. The van der Waals surface area contributed by atoms with Crippen LogP contribution in [0.1, 0.15) is 11.4 Å². The van der Waals surface area contributed by atoms with Gasteiger partial charge in [0.05, 0.1) is 29.3 Å². The molecule has 176 valence electrons. The molecule has 2 aromatic carbocycles. The lowest BCUT2D eigenvalue weighted by Crippen LogP contribution is -2.40. The molecule has 1 fully saturated rings. The van der Waals surface area contributed by atoms with E-state index in [0.717, 1.165) is 27.9 Å². The molecule has 0 atom stereocenters. The van der Waals surface area contributed by atoms with Crippen LogP contribution in [0.3, 0.4) is 0 Å². The summed E-state index contributed by atoms with van der Waals surface area (Å²) in [6.45, 7) is 1.57. The second-order valence-electron chi connectivity index (χ2n) is 8.35. The van der Waals surface area contributed by atoms with Crippen LogP contribution >= 0.6 is 0 Å². The van der Waals surface area contributed by atoms with E-state index in [4.69, 9.17) is 9.84 Å². The third-order valence-electron chi connectivity index (χ3n) is 6.11. The van der Waals surface area contributed by atoms with Gasteiger partial charge in [0.1, 0.15) is 0 Å². The van der Waals surface area contributed by atoms with Crippen molar-refractivity contribution in [2.24, 2.45) is 0 Å². The van der Waals surface area contributed by atoms with Crippen molar-refractivity contribution in [2.75, 3.05) is 26.3 Å². The Balaban J connectivity index is 1.29. The van der Waals surface area contributed by atoms with E-state index in [1.165, 1.54) is 4.31 Å². The Morgan fingerprint density at radius 3 is 2.57 bits per heavy atom.